The van der Waals surface area contributed by atoms with Gasteiger partial charge in [-0.15, -0.1) is 0 Å². The molecular weight excluding hydrogens is 180 g/mol. The monoisotopic (exact) mass is 202 g/mol. The zero-order chi connectivity index (χ0) is 11.6. The summed E-state index contributed by atoms with van der Waals surface area (Å²) in [5.74, 6) is 0. The first kappa shape index (κ1) is 13.6. The summed E-state index contributed by atoms with van der Waals surface area (Å²) in [7, 11) is 0. The zero-order valence-electron chi connectivity index (χ0n) is 9.70. The van der Waals surface area contributed by atoms with Crippen molar-refractivity contribution in [1.29, 1.82) is 0 Å². The van der Waals surface area contributed by atoms with Gasteiger partial charge in [0.05, 0.1) is 11.2 Å². The Bertz CT molecular complexity index is 209. The highest BCUT2D eigenvalue weighted by atomic mass is 16.3. The van der Waals surface area contributed by atoms with Crippen molar-refractivity contribution in [1.82, 2.24) is 0 Å². The van der Waals surface area contributed by atoms with Gasteiger partial charge in [0.25, 0.3) is 0 Å². The Hall–Kier alpha value is -0.380. The molecule has 2 atom stereocenters. The van der Waals surface area contributed by atoms with Gasteiger partial charge in [-0.3, -0.25) is 0 Å². The van der Waals surface area contributed by atoms with Crippen LogP contribution in [0.5, 0.6) is 0 Å². The van der Waals surface area contributed by atoms with Crippen molar-refractivity contribution in [3.63, 3.8) is 0 Å². The van der Waals surface area contributed by atoms with Crippen LogP contribution in [0.3, 0.4) is 0 Å². The average molecular weight is 202 g/mol. The van der Waals surface area contributed by atoms with Crippen LogP contribution in [0.25, 0.3) is 0 Å². The lowest BCUT2D eigenvalue weighted by Gasteiger charge is -2.33. The van der Waals surface area contributed by atoms with Gasteiger partial charge in [0.15, 0.2) is 0 Å². The summed E-state index contributed by atoms with van der Waals surface area (Å²) in [4.78, 5) is 0. The summed E-state index contributed by atoms with van der Waals surface area (Å²) in [6, 6.07) is 0. The minimum absolute atomic E-state index is 0.561. The predicted octanol–water partition coefficient (Wildman–Crippen LogP) is 1.23. The van der Waals surface area contributed by atoms with Crippen LogP contribution in [0.1, 0.15) is 41.0 Å². The van der Waals surface area contributed by atoms with E-state index in [0.29, 0.717) is 6.42 Å². The van der Waals surface area contributed by atoms with Crippen molar-refractivity contribution in [2.45, 2.75) is 57.8 Å². The summed E-state index contributed by atoms with van der Waals surface area (Å²) < 4.78 is 0. The molecule has 0 aliphatic heterocycles. The Morgan fingerprint density at radius 1 is 0.929 bits per heavy atom. The minimum Gasteiger partial charge on any atom is -0.387 e. The van der Waals surface area contributed by atoms with Crippen molar-refractivity contribution in [2.75, 3.05) is 0 Å². The van der Waals surface area contributed by atoms with Crippen LogP contribution in [0.4, 0.5) is 0 Å². The number of aliphatic hydroxyl groups is 3. The molecule has 0 saturated carbocycles. The third-order valence-electron chi connectivity index (χ3n) is 2.72. The molecule has 0 bridgehead atoms. The molecule has 0 aliphatic rings. The van der Waals surface area contributed by atoms with Crippen LogP contribution in [0, 0.1) is 0 Å². The molecule has 3 nitrogen and oxygen atoms in total. The predicted molar refractivity (Wildman–Crippen MR) is 57.0 cm³/mol. The van der Waals surface area contributed by atoms with Crippen LogP contribution in [-0.4, -0.2) is 32.1 Å². The molecule has 0 radical (unpaired) electrons. The van der Waals surface area contributed by atoms with Crippen LogP contribution in [-0.2, 0) is 0 Å². The molecule has 3 heteroatoms. The molecule has 0 aromatic rings. The van der Waals surface area contributed by atoms with E-state index in [4.69, 9.17) is 0 Å². The Morgan fingerprint density at radius 3 is 1.64 bits per heavy atom. The third-order valence-corrected chi connectivity index (χ3v) is 2.72. The normalized spacial score (nSPS) is 22.0. The van der Waals surface area contributed by atoms with E-state index in [0.717, 1.165) is 0 Å². The largest absolute Gasteiger partial charge is 0.387 e. The van der Waals surface area contributed by atoms with Crippen molar-refractivity contribution < 1.29 is 15.3 Å². The standard InChI is InChI=1S/C11H22O3/c1-6-10(4,13)7-8-11(5,14)9(2,3)12/h7-8,12-14H,6H2,1-5H3. The van der Waals surface area contributed by atoms with E-state index in [1.807, 2.05) is 6.92 Å². The molecule has 0 aromatic heterocycles. The lowest BCUT2D eigenvalue weighted by atomic mass is 9.86. The molecule has 84 valence electrons. The summed E-state index contributed by atoms with van der Waals surface area (Å²) >= 11 is 0. The van der Waals surface area contributed by atoms with Gasteiger partial charge in [0.1, 0.15) is 5.60 Å². The second-order valence-corrected chi connectivity index (χ2v) is 4.75. The molecule has 0 saturated heterocycles. The van der Waals surface area contributed by atoms with Gasteiger partial charge in [-0.25, -0.2) is 0 Å². The number of hydrogen-bond acceptors (Lipinski definition) is 3. The third kappa shape index (κ3) is 3.78. The molecule has 0 aromatic carbocycles. The zero-order valence-corrected chi connectivity index (χ0v) is 9.70. The van der Waals surface area contributed by atoms with Gasteiger partial charge in [0.2, 0.25) is 0 Å². The average Bonchev–Trinajstić information content (AvgIpc) is 1.99. The Morgan fingerprint density at radius 2 is 1.36 bits per heavy atom. The van der Waals surface area contributed by atoms with E-state index in [-0.39, 0.29) is 0 Å². The fourth-order valence-corrected chi connectivity index (χ4v) is 0.664. The molecule has 0 rings (SSSR count). The summed E-state index contributed by atoms with van der Waals surface area (Å²) in [6.45, 7) is 8.07. The fourth-order valence-electron chi connectivity index (χ4n) is 0.664. The molecule has 0 fully saturated rings. The maximum Gasteiger partial charge on any atom is 0.108 e. The topological polar surface area (TPSA) is 60.7 Å². The highest BCUT2D eigenvalue weighted by Gasteiger charge is 2.35. The van der Waals surface area contributed by atoms with E-state index in [1.165, 1.54) is 32.9 Å². The summed E-state index contributed by atoms with van der Waals surface area (Å²) in [5, 5.41) is 29.2. The molecule has 3 N–H and O–H groups in total. The maximum atomic E-state index is 9.86. The van der Waals surface area contributed by atoms with Gasteiger partial charge in [-0.2, -0.15) is 0 Å². The van der Waals surface area contributed by atoms with Gasteiger partial charge in [0, 0.05) is 0 Å². The van der Waals surface area contributed by atoms with E-state index in [1.54, 1.807) is 6.92 Å². The molecule has 2 unspecified atom stereocenters. The first-order valence-electron chi connectivity index (χ1n) is 4.89. The lowest BCUT2D eigenvalue weighted by Crippen LogP contribution is -2.46. The van der Waals surface area contributed by atoms with Gasteiger partial charge in [-0.05, 0) is 34.1 Å². The second-order valence-electron chi connectivity index (χ2n) is 4.75. The van der Waals surface area contributed by atoms with E-state index < -0.39 is 16.8 Å². The molecule has 14 heavy (non-hydrogen) atoms. The number of rotatable bonds is 4. The van der Waals surface area contributed by atoms with Crippen molar-refractivity contribution in [3.8, 4) is 0 Å². The van der Waals surface area contributed by atoms with Crippen molar-refractivity contribution >= 4 is 0 Å². The quantitative estimate of drug-likeness (QED) is 0.601. The SMILES string of the molecule is CCC(C)(O)C=CC(C)(O)C(C)(C)O. The van der Waals surface area contributed by atoms with Crippen LogP contribution >= 0.6 is 0 Å². The van der Waals surface area contributed by atoms with Crippen molar-refractivity contribution in [3.05, 3.63) is 12.2 Å². The van der Waals surface area contributed by atoms with E-state index >= 15 is 0 Å². The summed E-state index contributed by atoms with van der Waals surface area (Å²) in [6.07, 6.45) is 3.52. The molecule has 0 amide bonds. The smallest absolute Gasteiger partial charge is 0.108 e. The summed E-state index contributed by atoms with van der Waals surface area (Å²) in [5.41, 5.74) is -3.51. The first-order chi connectivity index (χ1) is 6.02. The molecule has 0 spiro atoms. The highest BCUT2D eigenvalue weighted by molar-refractivity contribution is 5.11. The Labute approximate surface area is 86.1 Å². The minimum atomic E-state index is -1.34. The fraction of sp³-hybridized carbons (Fsp3) is 0.818. The van der Waals surface area contributed by atoms with Crippen LogP contribution in [0.15, 0.2) is 12.2 Å². The Balaban J connectivity index is 4.68. The lowest BCUT2D eigenvalue weighted by molar-refractivity contribution is -0.0890. The van der Waals surface area contributed by atoms with Gasteiger partial charge in [-0.1, -0.05) is 19.1 Å². The van der Waals surface area contributed by atoms with E-state index in [9.17, 15) is 15.3 Å². The molecule has 0 heterocycles. The molecule has 0 aliphatic carbocycles. The van der Waals surface area contributed by atoms with E-state index in [2.05, 4.69) is 0 Å². The molecular formula is C11H22O3. The first-order valence-corrected chi connectivity index (χ1v) is 4.89. The Kier molecular flexibility index (Phi) is 3.90. The maximum absolute atomic E-state index is 9.86. The number of hydrogen-bond donors (Lipinski definition) is 3. The van der Waals surface area contributed by atoms with Gasteiger partial charge < -0.3 is 15.3 Å². The second kappa shape index (κ2) is 4.01. The highest BCUT2D eigenvalue weighted by Crippen LogP contribution is 2.24. The van der Waals surface area contributed by atoms with Gasteiger partial charge >= 0.3 is 0 Å². The van der Waals surface area contributed by atoms with Crippen LogP contribution in [0.2, 0.25) is 0 Å². The van der Waals surface area contributed by atoms with Crippen molar-refractivity contribution in [2.24, 2.45) is 0 Å². The van der Waals surface area contributed by atoms with Crippen LogP contribution < -0.4 is 0 Å².